The van der Waals surface area contributed by atoms with Gasteiger partial charge >= 0.3 is 0 Å². The summed E-state index contributed by atoms with van der Waals surface area (Å²) in [6.45, 7) is 4.19. The Morgan fingerprint density at radius 1 is 1.06 bits per heavy atom. The van der Waals surface area contributed by atoms with Gasteiger partial charge < -0.3 is 10.0 Å². The summed E-state index contributed by atoms with van der Waals surface area (Å²) >= 11 is 0. The SMILES string of the molecule is Cc1ccc(C)c(CN2C(=O)[C@](O)(CC(=O)c3cccc([N+](=O)[O-])c3)c3ccccc32)c1. The number of Topliss-reactive ketones (excluding diaryl/α,β-unsaturated/α-hetero) is 1. The first-order chi connectivity index (χ1) is 15.2. The van der Waals surface area contributed by atoms with E-state index in [9.17, 15) is 24.8 Å². The maximum atomic E-state index is 13.4. The number of ketones is 1. The minimum Gasteiger partial charge on any atom is -0.375 e. The van der Waals surface area contributed by atoms with Gasteiger partial charge in [0.25, 0.3) is 11.6 Å². The van der Waals surface area contributed by atoms with Crippen LogP contribution in [0.1, 0.15) is 39.0 Å². The molecule has 0 fully saturated rings. The highest BCUT2D eigenvalue weighted by molar-refractivity contribution is 6.10. The summed E-state index contributed by atoms with van der Waals surface area (Å²) < 4.78 is 0. The van der Waals surface area contributed by atoms with E-state index >= 15 is 0 Å². The van der Waals surface area contributed by atoms with Crippen molar-refractivity contribution in [2.75, 3.05) is 4.90 Å². The lowest BCUT2D eigenvalue weighted by Gasteiger charge is -2.23. The van der Waals surface area contributed by atoms with Gasteiger partial charge in [0.05, 0.1) is 23.6 Å². The smallest absolute Gasteiger partial charge is 0.270 e. The molecule has 0 saturated heterocycles. The Balaban J connectivity index is 1.69. The molecule has 7 heteroatoms. The zero-order valence-electron chi connectivity index (χ0n) is 17.7. The molecule has 32 heavy (non-hydrogen) atoms. The van der Waals surface area contributed by atoms with Crippen molar-refractivity contribution in [1.82, 2.24) is 0 Å². The van der Waals surface area contributed by atoms with Crippen molar-refractivity contribution in [2.24, 2.45) is 0 Å². The molecule has 1 atom stereocenters. The number of amides is 1. The molecule has 1 amide bonds. The topological polar surface area (TPSA) is 101 Å². The number of fused-ring (bicyclic) bond motifs is 1. The van der Waals surface area contributed by atoms with Crippen LogP contribution < -0.4 is 4.90 Å². The fraction of sp³-hybridized carbons (Fsp3) is 0.200. The number of benzene rings is 3. The quantitative estimate of drug-likeness (QED) is 0.358. The molecule has 0 bridgehead atoms. The highest BCUT2D eigenvalue weighted by Gasteiger charge is 2.50. The molecule has 3 aromatic carbocycles. The first kappa shape index (κ1) is 21.4. The maximum absolute atomic E-state index is 13.4. The van der Waals surface area contributed by atoms with E-state index < -0.39 is 28.6 Å². The number of nitro groups is 1. The Bertz CT molecular complexity index is 1250. The number of para-hydroxylation sites is 1. The molecular weight excluding hydrogens is 408 g/mol. The van der Waals surface area contributed by atoms with E-state index in [1.165, 1.54) is 23.1 Å². The minimum atomic E-state index is -2.05. The van der Waals surface area contributed by atoms with Crippen LogP contribution in [0.5, 0.6) is 0 Å². The average Bonchev–Trinajstić information content (AvgIpc) is 2.98. The molecule has 1 aliphatic rings. The molecule has 1 aliphatic heterocycles. The fourth-order valence-corrected chi connectivity index (χ4v) is 4.10. The summed E-state index contributed by atoms with van der Waals surface area (Å²) in [5.74, 6) is -1.13. The number of nitro benzene ring substituents is 1. The van der Waals surface area contributed by atoms with Crippen molar-refractivity contribution in [3.05, 3.63) is 105 Å². The number of rotatable bonds is 6. The van der Waals surface area contributed by atoms with Crippen molar-refractivity contribution >= 4 is 23.1 Å². The molecule has 0 aromatic heterocycles. The van der Waals surface area contributed by atoms with Gasteiger partial charge in [-0.2, -0.15) is 0 Å². The predicted octanol–water partition coefficient (Wildman–Crippen LogP) is 4.22. The average molecular weight is 430 g/mol. The van der Waals surface area contributed by atoms with E-state index in [2.05, 4.69) is 0 Å². The number of nitrogens with zero attached hydrogens (tertiary/aromatic N) is 2. The van der Waals surface area contributed by atoms with E-state index in [1.807, 2.05) is 32.0 Å². The summed E-state index contributed by atoms with van der Waals surface area (Å²) in [5, 5.41) is 22.5. The molecule has 1 heterocycles. The van der Waals surface area contributed by atoms with Gasteiger partial charge in [-0.3, -0.25) is 19.7 Å². The van der Waals surface area contributed by atoms with Crippen LogP contribution in [0.3, 0.4) is 0 Å². The third-order valence-corrected chi connectivity index (χ3v) is 5.87. The van der Waals surface area contributed by atoms with Crippen molar-refractivity contribution in [3.8, 4) is 0 Å². The summed E-state index contributed by atoms with van der Waals surface area (Å²) in [6.07, 6.45) is -0.507. The Hall–Kier alpha value is -3.84. The predicted molar refractivity (Wildman–Crippen MR) is 119 cm³/mol. The standard InChI is InChI=1S/C25H22N2O5/c1-16-10-11-17(2)19(12-16)15-26-22-9-4-3-8-21(22)25(30,24(26)29)14-23(28)18-6-5-7-20(13-18)27(31)32/h3-13,30H,14-15H2,1-2H3/t25-/m0/s1. The molecular formula is C25H22N2O5. The Morgan fingerprint density at radius 2 is 1.81 bits per heavy atom. The van der Waals surface area contributed by atoms with E-state index in [0.29, 0.717) is 11.3 Å². The van der Waals surface area contributed by atoms with Crippen LogP contribution in [0.15, 0.2) is 66.7 Å². The van der Waals surface area contributed by atoms with Crippen LogP contribution >= 0.6 is 0 Å². The number of carbonyl (C=O) groups excluding carboxylic acids is 2. The monoisotopic (exact) mass is 430 g/mol. The first-order valence-electron chi connectivity index (χ1n) is 10.2. The lowest BCUT2D eigenvalue weighted by Crippen LogP contribution is -2.41. The number of carbonyl (C=O) groups is 2. The second-order valence-electron chi connectivity index (χ2n) is 8.11. The normalized spacial score (nSPS) is 17.3. The molecule has 1 N–H and O–H groups in total. The van der Waals surface area contributed by atoms with Crippen LogP contribution in [-0.2, 0) is 16.9 Å². The molecule has 4 rings (SSSR count). The van der Waals surface area contributed by atoms with Crippen LogP contribution in [0.4, 0.5) is 11.4 Å². The number of hydrogen-bond donors (Lipinski definition) is 1. The molecule has 162 valence electrons. The largest absolute Gasteiger partial charge is 0.375 e. The third-order valence-electron chi connectivity index (χ3n) is 5.87. The molecule has 0 radical (unpaired) electrons. The fourth-order valence-electron chi connectivity index (χ4n) is 4.10. The van der Waals surface area contributed by atoms with Gasteiger partial charge in [-0.05, 0) is 31.0 Å². The summed E-state index contributed by atoms with van der Waals surface area (Å²) in [6, 6.07) is 18.1. The van der Waals surface area contributed by atoms with Crippen LogP contribution in [0.25, 0.3) is 0 Å². The second kappa shape index (κ2) is 8.01. The minimum absolute atomic E-state index is 0.0749. The van der Waals surface area contributed by atoms with Gasteiger partial charge in [0.1, 0.15) is 0 Å². The van der Waals surface area contributed by atoms with Gasteiger partial charge in [0.2, 0.25) is 0 Å². The van der Waals surface area contributed by atoms with Crippen molar-refractivity contribution in [3.63, 3.8) is 0 Å². The number of anilines is 1. The van der Waals surface area contributed by atoms with Crippen LogP contribution in [-0.4, -0.2) is 21.7 Å². The summed E-state index contributed by atoms with van der Waals surface area (Å²) in [7, 11) is 0. The van der Waals surface area contributed by atoms with Crippen molar-refractivity contribution in [1.29, 1.82) is 0 Å². The highest BCUT2D eigenvalue weighted by atomic mass is 16.6. The Kier molecular flexibility index (Phi) is 5.36. The number of aliphatic hydroxyl groups is 1. The molecule has 7 nitrogen and oxygen atoms in total. The van der Waals surface area contributed by atoms with E-state index in [1.54, 1.807) is 24.3 Å². The number of aryl methyl sites for hydroxylation is 2. The summed E-state index contributed by atoms with van der Waals surface area (Å²) in [4.78, 5) is 38.3. The third kappa shape index (κ3) is 3.67. The van der Waals surface area contributed by atoms with Crippen molar-refractivity contribution in [2.45, 2.75) is 32.4 Å². The van der Waals surface area contributed by atoms with E-state index in [0.717, 1.165) is 22.8 Å². The summed E-state index contributed by atoms with van der Waals surface area (Å²) in [5.41, 5.74) is 1.73. The van der Waals surface area contributed by atoms with Gasteiger partial charge in [0.15, 0.2) is 11.4 Å². The van der Waals surface area contributed by atoms with Crippen LogP contribution in [0, 0.1) is 24.0 Å². The number of non-ortho nitro benzene ring substituents is 1. The molecule has 0 aliphatic carbocycles. The molecule has 0 unspecified atom stereocenters. The van der Waals surface area contributed by atoms with Crippen molar-refractivity contribution < 1.29 is 19.6 Å². The van der Waals surface area contributed by atoms with Gasteiger partial charge in [-0.15, -0.1) is 0 Å². The Morgan fingerprint density at radius 3 is 2.56 bits per heavy atom. The lowest BCUT2D eigenvalue weighted by molar-refractivity contribution is -0.384. The van der Waals surface area contributed by atoms with Gasteiger partial charge in [0, 0.05) is 23.3 Å². The zero-order chi connectivity index (χ0) is 23.0. The molecule has 0 saturated carbocycles. The van der Waals surface area contributed by atoms with Gasteiger partial charge in [-0.25, -0.2) is 0 Å². The molecule has 0 spiro atoms. The maximum Gasteiger partial charge on any atom is 0.270 e. The van der Waals surface area contributed by atoms with Crippen LogP contribution in [0.2, 0.25) is 0 Å². The second-order valence-corrected chi connectivity index (χ2v) is 8.11. The number of hydrogen-bond acceptors (Lipinski definition) is 5. The molecule has 3 aromatic rings. The van der Waals surface area contributed by atoms with Gasteiger partial charge in [-0.1, -0.05) is 54.1 Å². The highest BCUT2D eigenvalue weighted by Crippen LogP contribution is 2.43. The first-order valence-corrected chi connectivity index (χ1v) is 10.2. The zero-order valence-corrected chi connectivity index (χ0v) is 17.7. The van der Waals surface area contributed by atoms with E-state index in [4.69, 9.17) is 0 Å². The lowest BCUT2D eigenvalue weighted by atomic mass is 9.88. The van der Waals surface area contributed by atoms with E-state index in [-0.39, 0.29) is 17.8 Å². The Labute approximate surface area is 185 Å².